The lowest BCUT2D eigenvalue weighted by molar-refractivity contribution is 0.111. The maximum Gasteiger partial charge on any atom is 0.119 e. The van der Waals surface area contributed by atoms with Crippen LogP contribution in [0.15, 0.2) is 24.3 Å². The number of ether oxygens (including phenoxy) is 2. The molecule has 0 saturated heterocycles. The van der Waals surface area contributed by atoms with Gasteiger partial charge in [0, 0.05) is 6.61 Å². The summed E-state index contributed by atoms with van der Waals surface area (Å²) in [5.41, 5.74) is 1.23. The van der Waals surface area contributed by atoms with E-state index < -0.39 is 0 Å². The van der Waals surface area contributed by atoms with Crippen LogP contribution < -0.4 is 10.1 Å². The van der Waals surface area contributed by atoms with E-state index in [9.17, 15) is 0 Å². The van der Waals surface area contributed by atoms with Crippen LogP contribution in [0.2, 0.25) is 0 Å². The number of likely N-dealkylation sites (N-methyl/N-ethyl adjacent to an activating group) is 1. The Kier molecular flexibility index (Phi) is 7.53. The van der Waals surface area contributed by atoms with E-state index in [2.05, 4.69) is 24.4 Å². The second-order valence-corrected chi connectivity index (χ2v) is 5.01. The molecule has 0 bridgehead atoms. The first-order valence-electron chi connectivity index (χ1n) is 7.19. The molecule has 0 aromatic heterocycles. The first-order chi connectivity index (χ1) is 9.17. The Balaban J connectivity index is 2.51. The largest absolute Gasteiger partial charge is 0.491 e. The molecule has 1 N–H and O–H groups in total. The molecule has 0 spiro atoms. The van der Waals surface area contributed by atoms with E-state index >= 15 is 0 Å². The van der Waals surface area contributed by atoms with E-state index in [1.165, 1.54) is 12.0 Å². The highest BCUT2D eigenvalue weighted by molar-refractivity contribution is 5.29. The molecule has 0 amide bonds. The van der Waals surface area contributed by atoms with Gasteiger partial charge in [0.05, 0.1) is 18.8 Å². The molecule has 1 aromatic carbocycles. The molecule has 0 fully saturated rings. The number of benzene rings is 1. The van der Waals surface area contributed by atoms with Gasteiger partial charge in [-0.3, -0.25) is 0 Å². The lowest BCUT2D eigenvalue weighted by Crippen LogP contribution is -2.22. The second kappa shape index (κ2) is 8.94. The van der Waals surface area contributed by atoms with Gasteiger partial charge in [0.2, 0.25) is 0 Å². The SMILES string of the molecule is CCCCOCC(NC)c1ccc(OC(C)C)cc1. The van der Waals surface area contributed by atoms with Gasteiger partial charge in [-0.05, 0) is 45.0 Å². The summed E-state index contributed by atoms with van der Waals surface area (Å²) in [4.78, 5) is 0. The first-order valence-corrected chi connectivity index (χ1v) is 7.19. The lowest BCUT2D eigenvalue weighted by atomic mass is 10.1. The van der Waals surface area contributed by atoms with Crippen LogP contribution in [0.1, 0.15) is 45.2 Å². The van der Waals surface area contributed by atoms with Gasteiger partial charge < -0.3 is 14.8 Å². The third-order valence-electron chi connectivity index (χ3n) is 2.93. The molecule has 0 aliphatic carbocycles. The Morgan fingerprint density at radius 3 is 2.37 bits per heavy atom. The fourth-order valence-corrected chi connectivity index (χ4v) is 1.84. The number of nitrogens with one attached hydrogen (secondary N) is 1. The summed E-state index contributed by atoms with van der Waals surface area (Å²) < 4.78 is 11.3. The van der Waals surface area contributed by atoms with Gasteiger partial charge in [0.15, 0.2) is 0 Å². The van der Waals surface area contributed by atoms with Crippen molar-refractivity contribution in [1.82, 2.24) is 5.32 Å². The predicted molar refractivity (Wildman–Crippen MR) is 79.7 cm³/mol. The fourth-order valence-electron chi connectivity index (χ4n) is 1.84. The van der Waals surface area contributed by atoms with Gasteiger partial charge >= 0.3 is 0 Å². The number of rotatable bonds is 9. The monoisotopic (exact) mass is 265 g/mol. The Hall–Kier alpha value is -1.06. The van der Waals surface area contributed by atoms with Crippen molar-refractivity contribution in [1.29, 1.82) is 0 Å². The van der Waals surface area contributed by atoms with Gasteiger partial charge in [0.25, 0.3) is 0 Å². The minimum Gasteiger partial charge on any atom is -0.491 e. The Labute approximate surface area is 117 Å². The Bertz CT molecular complexity index is 335. The molecule has 3 heteroatoms. The molecule has 0 heterocycles. The smallest absolute Gasteiger partial charge is 0.119 e. The highest BCUT2D eigenvalue weighted by atomic mass is 16.5. The van der Waals surface area contributed by atoms with Crippen molar-refractivity contribution < 1.29 is 9.47 Å². The highest BCUT2D eigenvalue weighted by Crippen LogP contribution is 2.19. The summed E-state index contributed by atoms with van der Waals surface area (Å²) in [7, 11) is 1.96. The van der Waals surface area contributed by atoms with E-state index in [1.54, 1.807) is 0 Å². The Morgan fingerprint density at radius 2 is 1.84 bits per heavy atom. The molecule has 19 heavy (non-hydrogen) atoms. The van der Waals surface area contributed by atoms with Gasteiger partial charge in [-0.25, -0.2) is 0 Å². The number of hydrogen-bond donors (Lipinski definition) is 1. The molecule has 0 saturated carbocycles. The molecule has 108 valence electrons. The minimum atomic E-state index is 0.211. The van der Waals surface area contributed by atoms with Crippen LogP contribution in [0, 0.1) is 0 Å². The van der Waals surface area contributed by atoms with Crippen LogP contribution >= 0.6 is 0 Å². The molecule has 1 rings (SSSR count). The van der Waals surface area contributed by atoms with Crippen molar-refractivity contribution >= 4 is 0 Å². The van der Waals surface area contributed by atoms with Crippen molar-refractivity contribution in [3.05, 3.63) is 29.8 Å². The van der Waals surface area contributed by atoms with Crippen molar-refractivity contribution in [2.45, 2.75) is 45.8 Å². The van der Waals surface area contributed by atoms with Crippen LogP contribution in [0.25, 0.3) is 0 Å². The fraction of sp³-hybridized carbons (Fsp3) is 0.625. The number of hydrogen-bond acceptors (Lipinski definition) is 3. The van der Waals surface area contributed by atoms with Crippen LogP contribution in [0.3, 0.4) is 0 Å². The van der Waals surface area contributed by atoms with E-state index in [-0.39, 0.29) is 12.1 Å². The van der Waals surface area contributed by atoms with Crippen LogP contribution in [-0.2, 0) is 4.74 Å². The molecule has 0 aliphatic rings. The summed E-state index contributed by atoms with van der Waals surface area (Å²) in [6, 6.07) is 8.48. The van der Waals surface area contributed by atoms with Crippen molar-refractivity contribution in [2.24, 2.45) is 0 Å². The zero-order valence-electron chi connectivity index (χ0n) is 12.6. The second-order valence-electron chi connectivity index (χ2n) is 5.01. The summed E-state index contributed by atoms with van der Waals surface area (Å²) >= 11 is 0. The molecule has 1 atom stereocenters. The van der Waals surface area contributed by atoms with Crippen LogP contribution in [0.4, 0.5) is 0 Å². The topological polar surface area (TPSA) is 30.5 Å². The molecular weight excluding hydrogens is 238 g/mol. The molecule has 1 aromatic rings. The third kappa shape index (κ3) is 6.08. The number of unbranched alkanes of at least 4 members (excludes halogenated alkanes) is 1. The van der Waals surface area contributed by atoms with Crippen molar-refractivity contribution in [2.75, 3.05) is 20.3 Å². The normalized spacial score (nSPS) is 12.7. The van der Waals surface area contributed by atoms with E-state index in [0.29, 0.717) is 6.61 Å². The average Bonchev–Trinajstić information content (AvgIpc) is 2.40. The van der Waals surface area contributed by atoms with E-state index in [1.807, 2.05) is 33.0 Å². The van der Waals surface area contributed by atoms with E-state index in [4.69, 9.17) is 9.47 Å². The standard InChI is InChI=1S/C16H27NO2/c1-5-6-11-18-12-16(17-4)14-7-9-15(10-8-14)19-13(2)3/h7-10,13,16-17H,5-6,11-12H2,1-4H3. The zero-order valence-corrected chi connectivity index (χ0v) is 12.6. The first kappa shape index (κ1) is 16.0. The quantitative estimate of drug-likeness (QED) is 0.693. The summed E-state index contributed by atoms with van der Waals surface area (Å²) in [6.45, 7) is 7.79. The molecule has 0 aliphatic heterocycles. The average molecular weight is 265 g/mol. The maximum atomic E-state index is 5.68. The molecular formula is C16H27NO2. The van der Waals surface area contributed by atoms with Gasteiger partial charge in [-0.1, -0.05) is 25.5 Å². The van der Waals surface area contributed by atoms with Crippen LogP contribution in [0.5, 0.6) is 5.75 Å². The van der Waals surface area contributed by atoms with Gasteiger partial charge in [-0.15, -0.1) is 0 Å². The summed E-state index contributed by atoms with van der Waals surface area (Å²) in [6.07, 6.45) is 2.51. The lowest BCUT2D eigenvalue weighted by Gasteiger charge is -2.17. The molecule has 1 unspecified atom stereocenters. The minimum absolute atomic E-state index is 0.211. The van der Waals surface area contributed by atoms with Crippen molar-refractivity contribution in [3.8, 4) is 5.75 Å². The van der Waals surface area contributed by atoms with E-state index in [0.717, 1.165) is 18.8 Å². The molecule has 0 radical (unpaired) electrons. The Morgan fingerprint density at radius 1 is 1.16 bits per heavy atom. The van der Waals surface area contributed by atoms with Gasteiger partial charge in [0.1, 0.15) is 5.75 Å². The predicted octanol–water partition coefficient (Wildman–Crippen LogP) is 3.55. The summed E-state index contributed by atoms with van der Waals surface area (Å²) in [5.74, 6) is 0.917. The van der Waals surface area contributed by atoms with Gasteiger partial charge in [-0.2, -0.15) is 0 Å². The maximum absolute atomic E-state index is 5.68. The molecule has 3 nitrogen and oxygen atoms in total. The van der Waals surface area contributed by atoms with Crippen molar-refractivity contribution in [3.63, 3.8) is 0 Å². The highest BCUT2D eigenvalue weighted by Gasteiger charge is 2.09. The summed E-state index contributed by atoms with van der Waals surface area (Å²) in [5, 5.41) is 3.29. The van der Waals surface area contributed by atoms with Crippen LogP contribution in [-0.4, -0.2) is 26.4 Å². The zero-order chi connectivity index (χ0) is 14.1. The third-order valence-corrected chi connectivity index (χ3v) is 2.93.